The van der Waals surface area contributed by atoms with E-state index in [1.54, 1.807) is 13.2 Å². The SMILES string of the molecule is COc1cc(CNCCc2ccc(Cl)cc2Cl)ccc1OCc1cccc(Cl)c1.Cl. The van der Waals surface area contributed by atoms with Gasteiger partial charge in [0.2, 0.25) is 0 Å². The molecule has 0 bridgehead atoms. The molecule has 0 aromatic heterocycles. The van der Waals surface area contributed by atoms with Crippen LogP contribution < -0.4 is 14.8 Å². The summed E-state index contributed by atoms with van der Waals surface area (Å²) >= 11 is 18.2. The van der Waals surface area contributed by atoms with Crippen molar-refractivity contribution in [3.63, 3.8) is 0 Å². The van der Waals surface area contributed by atoms with E-state index in [4.69, 9.17) is 44.3 Å². The highest BCUT2D eigenvalue weighted by atomic mass is 35.5. The van der Waals surface area contributed by atoms with Gasteiger partial charge in [-0.25, -0.2) is 0 Å². The summed E-state index contributed by atoms with van der Waals surface area (Å²) in [5, 5.41) is 5.46. The van der Waals surface area contributed by atoms with Crippen molar-refractivity contribution in [1.82, 2.24) is 5.32 Å². The molecular formula is C23H23Cl4NO2. The van der Waals surface area contributed by atoms with Crippen LogP contribution in [0.25, 0.3) is 0 Å². The Hall–Kier alpha value is -1.62. The number of hydrogen-bond acceptors (Lipinski definition) is 3. The number of hydrogen-bond donors (Lipinski definition) is 1. The van der Waals surface area contributed by atoms with Crippen LogP contribution >= 0.6 is 47.2 Å². The van der Waals surface area contributed by atoms with Crippen LogP contribution in [0, 0.1) is 0 Å². The molecule has 0 fully saturated rings. The predicted molar refractivity (Wildman–Crippen MR) is 128 cm³/mol. The molecular weight excluding hydrogens is 464 g/mol. The largest absolute Gasteiger partial charge is 0.493 e. The van der Waals surface area contributed by atoms with E-state index in [-0.39, 0.29) is 12.4 Å². The third-order valence-electron chi connectivity index (χ3n) is 4.43. The summed E-state index contributed by atoms with van der Waals surface area (Å²) in [6.45, 7) is 1.95. The molecule has 0 atom stereocenters. The summed E-state index contributed by atoms with van der Waals surface area (Å²) in [7, 11) is 1.64. The van der Waals surface area contributed by atoms with Crippen molar-refractivity contribution in [2.75, 3.05) is 13.7 Å². The second kappa shape index (κ2) is 12.3. The van der Waals surface area contributed by atoms with Crippen LogP contribution in [0.1, 0.15) is 16.7 Å². The summed E-state index contributed by atoms with van der Waals surface area (Å²) < 4.78 is 11.4. The minimum Gasteiger partial charge on any atom is -0.493 e. The Kier molecular flexibility index (Phi) is 10.1. The Bertz CT molecular complexity index is 966. The third kappa shape index (κ3) is 7.26. The zero-order chi connectivity index (χ0) is 20.6. The van der Waals surface area contributed by atoms with Crippen molar-refractivity contribution in [1.29, 1.82) is 0 Å². The maximum Gasteiger partial charge on any atom is 0.161 e. The second-order valence-corrected chi connectivity index (χ2v) is 7.85. The zero-order valence-electron chi connectivity index (χ0n) is 16.5. The average molecular weight is 487 g/mol. The van der Waals surface area contributed by atoms with Crippen LogP contribution in [0.3, 0.4) is 0 Å². The van der Waals surface area contributed by atoms with Crippen molar-refractivity contribution in [2.45, 2.75) is 19.6 Å². The van der Waals surface area contributed by atoms with Crippen LogP contribution in [-0.4, -0.2) is 13.7 Å². The number of ether oxygens (including phenoxy) is 2. The van der Waals surface area contributed by atoms with Gasteiger partial charge in [0, 0.05) is 21.6 Å². The number of methoxy groups -OCH3 is 1. The molecule has 160 valence electrons. The van der Waals surface area contributed by atoms with Gasteiger partial charge in [-0.15, -0.1) is 12.4 Å². The summed E-state index contributed by atoms with van der Waals surface area (Å²) in [5.41, 5.74) is 3.19. The molecule has 0 aliphatic heterocycles. The number of halogens is 4. The van der Waals surface area contributed by atoms with Gasteiger partial charge in [0.1, 0.15) is 6.61 Å². The highest BCUT2D eigenvalue weighted by Gasteiger charge is 2.07. The monoisotopic (exact) mass is 485 g/mol. The number of nitrogens with one attached hydrogen (secondary N) is 1. The molecule has 3 aromatic carbocycles. The molecule has 30 heavy (non-hydrogen) atoms. The van der Waals surface area contributed by atoms with Crippen molar-refractivity contribution < 1.29 is 9.47 Å². The summed E-state index contributed by atoms with van der Waals surface area (Å²) in [6, 6.07) is 19.1. The Morgan fingerprint density at radius 3 is 2.37 bits per heavy atom. The van der Waals surface area contributed by atoms with E-state index in [9.17, 15) is 0 Å². The van der Waals surface area contributed by atoms with Crippen LogP contribution in [0.15, 0.2) is 60.7 Å². The fourth-order valence-electron chi connectivity index (χ4n) is 2.91. The topological polar surface area (TPSA) is 30.5 Å². The molecule has 0 radical (unpaired) electrons. The lowest BCUT2D eigenvalue weighted by atomic mass is 10.1. The highest BCUT2D eigenvalue weighted by molar-refractivity contribution is 6.35. The van der Waals surface area contributed by atoms with E-state index in [1.165, 1.54) is 0 Å². The molecule has 0 aliphatic carbocycles. The molecule has 0 amide bonds. The highest BCUT2D eigenvalue weighted by Crippen LogP contribution is 2.29. The van der Waals surface area contributed by atoms with Gasteiger partial charge in [0.05, 0.1) is 7.11 Å². The van der Waals surface area contributed by atoms with Gasteiger partial charge in [0.25, 0.3) is 0 Å². The Labute approximate surface area is 198 Å². The van der Waals surface area contributed by atoms with E-state index < -0.39 is 0 Å². The first kappa shape index (κ1) is 24.6. The van der Waals surface area contributed by atoms with Crippen molar-refractivity contribution in [3.05, 3.63) is 92.4 Å². The third-order valence-corrected chi connectivity index (χ3v) is 5.25. The molecule has 3 rings (SSSR count). The fourth-order valence-corrected chi connectivity index (χ4v) is 3.63. The first-order valence-corrected chi connectivity index (χ1v) is 10.4. The van der Waals surface area contributed by atoms with Crippen LogP contribution in [0.5, 0.6) is 11.5 Å². The molecule has 0 heterocycles. The Morgan fingerprint density at radius 1 is 0.833 bits per heavy atom. The normalized spacial score (nSPS) is 10.4. The van der Waals surface area contributed by atoms with Crippen molar-refractivity contribution in [2.24, 2.45) is 0 Å². The molecule has 3 aromatic rings. The van der Waals surface area contributed by atoms with E-state index in [0.29, 0.717) is 33.2 Å². The first-order valence-electron chi connectivity index (χ1n) is 9.24. The summed E-state index contributed by atoms with van der Waals surface area (Å²) in [5.74, 6) is 1.40. The minimum absolute atomic E-state index is 0. The zero-order valence-corrected chi connectivity index (χ0v) is 19.5. The second-order valence-electron chi connectivity index (χ2n) is 6.57. The molecule has 3 nitrogen and oxygen atoms in total. The molecule has 0 unspecified atom stereocenters. The number of rotatable bonds is 9. The molecule has 0 aliphatic rings. The van der Waals surface area contributed by atoms with Crippen LogP contribution in [0.2, 0.25) is 15.1 Å². The van der Waals surface area contributed by atoms with E-state index in [0.717, 1.165) is 36.2 Å². The van der Waals surface area contributed by atoms with Gasteiger partial charge >= 0.3 is 0 Å². The quantitative estimate of drug-likeness (QED) is 0.330. The summed E-state index contributed by atoms with van der Waals surface area (Å²) in [4.78, 5) is 0. The minimum atomic E-state index is 0. The molecule has 0 spiro atoms. The van der Waals surface area contributed by atoms with Crippen molar-refractivity contribution >= 4 is 47.2 Å². The standard InChI is InChI=1S/C23H22Cl3NO2.ClH/c1-28-23-12-16(14-27-10-9-18-6-7-20(25)13-21(18)26)5-8-22(23)29-15-17-3-2-4-19(24)11-17;/h2-8,11-13,27H,9-10,14-15H2,1H3;1H. The van der Waals surface area contributed by atoms with Crippen LogP contribution in [-0.2, 0) is 19.6 Å². The average Bonchev–Trinajstić information content (AvgIpc) is 2.71. The van der Waals surface area contributed by atoms with Gasteiger partial charge in [-0.05, 0) is 66.1 Å². The fraction of sp³-hybridized carbons (Fsp3) is 0.217. The van der Waals surface area contributed by atoms with Gasteiger partial charge in [-0.2, -0.15) is 0 Å². The smallest absolute Gasteiger partial charge is 0.161 e. The van der Waals surface area contributed by atoms with Gasteiger partial charge in [-0.3, -0.25) is 0 Å². The lowest BCUT2D eigenvalue weighted by molar-refractivity contribution is 0.284. The summed E-state index contributed by atoms with van der Waals surface area (Å²) in [6.07, 6.45) is 0.827. The number of benzene rings is 3. The van der Waals surface area contributed by atoms with Gasteiger partial charge < -0.3 is 14.8 Å². The maximum atomic E-state index is 6.22. The lowest BCUT2D eigenvalue weighted by Gasteiger charge is -2.13. The van der Waals surface area contributed by atoms with Gasteiger partial charge in [0.15, 0.2) is 11.5 Å². The maximum absolute atomic E-state index is 6.22. The van der Waals surface area contributed by atoms with Gasteiger partial charge in [-0.1, -0.05) is 59.1 Å². The molecule has 0 saturated carbocycles. The molecule has 7 heteroatoms. The Morgan fingerprint density at radius 2 is 1.63 bits per heavy atom. The molecule has 0 saturated heterocycles. The van der Waals surface area contributed by atoms with E-state index in [2.05, 4.69) is 5.32 Å². The molecule has 1 N–H and O–H groups in total. The van der Waals surface area contributed by atoms with Crippen LogP contribution in [0.4, 0.5) is 0 Å². The van der Waals surface area contributed by atoms with E-state index in [1.807, 2.05) is 54.6 Å². The van der Waals surface area contributed by atoms with Crippen molar-refractivity contribution in [3.8, 4) is 11.5 Å². The predicted octanol–water partition coefficient (Wildman–Crippen LogP) is 6.99. The van der Waals surface area contributed by atoms with E-state index >= 15 is 0 Å². The Balaban J connectivity index is 0.00000320. The lowest BCUT2D eigenvalue weighted by Crippen LogP contribution is -2.16. The first-order chi connectivity index (χ1) is 14.0.